The quantitative estimate of drug-likeness (QED) is 0.491. The molecule has 1 unspecified atom stereocenters. The summed E-state index contributed by atoms with van der Waals surface area (Å²) >= 11 is 0. The lowest BCUT2D eigenvalue weighted by atomic mass is 9.96. The molecule has 0 radical (unpaired) electrons. The van der Waals surface area contributed by atoms with Crippen LogP contribution in [-0.2, 0) is 16.1 Å². The van der Waals surface area contributed by atoms with Crippen LogP contribution in [0.3, 0.4) is 0 Å². The van der Waals surface area contributed by atoms with Gasteiger partial charge in [-0.25, -0.2) is 0 Å². The van der Waals surface area contributed by atoms with Crippen molar-refractivity contribution in [2.45, 2.75) is 31.2 Å². The zero-order chi connectivity index (χ0) is 28.4. The Labute approximate surface area is 237 Å². The Morgan fingerprint density at radius 1 is 1.00 bits per heavy atom. The van der Waals surface area contributed by atoms with Crippen molar-refractivity contribution in [1.29, 1.82) is 0 Å². The number of amides is 3. The number of carbonyl (C=O) groups is 3. The third kappa shape index (κ3) is 5.16. The van der Waals surface area contributed by atoms with Crippen molar-refractivity contribution in [3.8, 4) is 17.2 Å². The number of methoxy groups -OCH3 is 1. The Balaban J connectivity index is 1.21. The van der Waals surface area contributed by atoms with Crippen molar-refractivity contribution in [2.24, 2.45) is 0 Å². The highest BCUT2D eigenvalue weighted by Crippen LogP contribution is 2.39. The third-order valence-electron chi connectivity index (χ3n) is 7.76. The maximum Gasteiger partial charge on any atom is 0.256 e. The van der Waals surface area contributed by atoms with Gasteiger partial charge in [-0.3, -0.25) is 24.3 Å². The van der Waals surface area contributed by atoms with E-state index in [1.807, 2.05) is 6.07 Å². The Bertz CT molecular complexity index is 1440. The number of benzene rings is 2. The van der Waals surface area contributed by atoms with Gasteiger partial charge in [-0.05, 0) is 54.1 Å². The molecule has 3 aromatic rings. The highest BCUT2D eigenvalue weighted by Gasteiger charge is 2.54. The second-order valence-corrected chi connectivity index (χ2v) is 10.1. The van der Waals surface area contributed by atoms with Gasteiger partial charge in [-0.1, -0.05) is 6.07 Å². The molecule has 1 atom stereocenters. The standard InChI is InChI=1S/C30H30N4O7/c1-38-23-7-4-21(5-8-23)29(37)34-24(27(35)32-17-20-3-2-12-31-16-20)18-41-30(34)10-13-33(14-11-30)28(36)22-6-9-25-26(15-22)40-19-39-25/h2-9,12,15-16,24H,10-11,13-14,17-19H2,1H3,(H,32,35). The van der Waals surface area contributed by atoms with E-state index in [0.717, 1.165) is 5.56 Å². The molecule has 1 N–H and O–H groups in total. The van der Waals surface area contributed by atoms with Gasteiger partial charge < -0.3 is 29.2 Å². The maximum absolute atomic E-state index is 14.0. The first-order valence-corrected chi connectivity index (χ1v) is 13.4. The normalized spacial score (nSPS) is 18.8. The number of likely N-dealkylation sites (tertiary alicyclic amines) is 1. The average Bonchev–Trinajstić information content (AvgIpc) is 3.64. The van der Waals surface area contributed by atoms with E-state index >= 15 is 0 Å². The van der Waals surface area contributed by atoms with Crippen LogP contribution in [-0.4, -0.2) is 77.9 Å². The van der Waals surface area contributed by atoms with Crippen LogP contribution in [0.25, 0.3) is 0 Å². The van der Waals surface area contributed by atoms with Crippen LogP contribution in [0.2, 0.25) is 0 Å². The van der Waals surface area contributed by atoms with Crippen LogP contribution in [0.5, 0.6) is 17.2 Å². The van der Waals surface area contributed by atoms with Crippen molar-refractivity contribution in [3.05, 3.63) is 83.7 Å². The van der Waals surface area contributed by atoms with E-state index in [0.29, 0.717) is 54.3 Å². The van der Waals surface area contributed by atoms with Crippen LogP contribution in [0.15, 0.2) is 67.0 Å². The Morgan fingerprint density at radius 2 is 1.76 bits per heavy atom. The minimum Gasteiger partial charge on any atom is -0.497 e. The summed E-state index contributed by atoms with van der Waals surface area (Å²) in [5.41, 5.74) is 0.729. The summed E-state index contributed by atoms with van der Waals surface area (Å²) in [6.45, 7) is 1.16. The highest BCUT2D eigenvalue weighted by molar-refractivity contribution is 5.99. The molecule has 2 fully saturated rings. The molecule has 0 saturated carbocycles. The van der Waals surface area contributed by atoms with E-state index in [9.17, 15) is 14.4 Å². The number of aromatic nitrogens is 1. The number of piperidine rings is 1. The predicted molar refractivity (Wildman–Crippen MR) is 145 cm³/mol. The first kappa shape index (κ1) is 26.6. The summed E-state index contributed by atoms with van der Waals surface area (Å²) < 4.78 is 22.3. The molecule has 0 bridgehead atoms. The monoisotopic (exact) mass is 558 g/mol. The number of pyridine rings is 1. The number of hydrogen-bond acceptors (Lipinski definition) is 8. The maximum atomic E-state index is 14.0. The molecule has 3 amide bonds. The lowest BCUT2D eigenvalue weighted by Crippen LogP contribution is -2.59. The fraction of sp³-hybridized carbons (Fsp3) is 0.333. The molecule has 3 aliphatic rings. The number of nitrogens with one attached hydrogen (secondary N) is 1. The van der Waals surface area contributed by atoms with E-state index in [-0.39, 0.29) is 37.7 Å². The minimum atomic E-state index is -1.03. The fourth-order valence-electron chi connectivity index (χ4n) is 5.52. The molecule has 1 spiro atoms. The lowest BCUT2D eigenvalue weighted by molar-refractivity contribution is -0.128. The fourth-order valence-corrected chi connectivity index (χ4v) is 5.52. The van der Waals surface area contributed by atoms with Gasteiger partial charge in [0.15, 0.2) is 11.5 Å². The predicted octanol–water partition coefficient (Wildman–Crippen LogP) is 2.61. The summed E-state index contributed by atoms with van der Waals surface area (Å²) in [7, 11) is 1.56. The van der Waals surface area contributed by atoms with Gasteiger partial charge in [-0.2, -0.15) is 0 Å². The molecule has 2 saturated heterocycles. The van der Waals surface area contributed by atoms with Crippen LogP contribution in [0, 0.1) is 0 Å². The first-order chi connectivity index (χ1) is 20.0. The molecule has 2 aromatic carbocycles. The van der Waals surface area contributed by atoms with Crippen molar-refractivity contribution in [1.82, 2.24) is 20.1 Å². The van der Waals surface area contributed by atoms with Gasteiger partial charge in [0, 0.05) is 56.0 Å². The van der Waals surface area contributed by atoms with E-state index in [1.165, 1.54) is 0 Å². The van der Waals surface area contributed by atoms with Crippen molar-refractivity contribution in [2.75, 3.05) is 33.6 Å². The second kappa shape index (κ2) is 11.1. The van der Waals surface area contributed by atoms with E-state index in [1.54, 1.807) is 77.8 Å². The molecular formula is C30H30N4O7. The van der Waals surface area contributed by atoms with Gasteiger partial charge in [0.1, 0.15) is 17.5 Å². The summed E-state index contributed by atoms with van der Waals surface area (Å²) in [5, 5.41) is 2.93. The topological polar surface area (TPSA) is 120 Å². The van der Waals surface area contributed by atoms with E-state index in [4.69, 9.17) is 18.9 Å². The molecule has 11 heteroatoms. The van der Waals surface area contributed by atoms with Crippen LogP contribution < -0.4 is 19.5 Å². The smallest absolute Gasteiger partial charge is 0.256 e. The molecule has 212 valence electrons. The highest BCUT2D eigenvalue weighted by atomic mass is 16.7. The zero-order valence-corrected chi connectivity index (χ0v) is 22.6. The first-order valence-electron chi connectivity index (χ1n) is 13.4. The van der Waals surface area contributed by atoms with Crippen molar-refractivity contribution >= 4 is 17.7 Å². The van der Waals surface area contributed by atoms with Gasteiger partial charge in [0.05, 0.1) is 13.7 Å². The lowest BCUT2D eigenvalue weighted by Gasteiger charge is -2.44. The molecule has 41 heavy (non-hydrogen) atoms. The average molecular weight is 559 g/mol. The minimum absolute atomic E-state index is 0.0525. The Kier molecular flexibility index (Phi) is 7.19. The van der Waals surface area contributed by atoms with Gasteiger partial charge in [-0.15, -0.1) is 0 Å². The second-order valence-electron chi connectivity index (χ2n) is 10.1. The number of rotatable bonds is 6. The number of hydrogen-bond donors (Lipinski definition) is 1. The number of nitrogens with zero attached hydrogens (tertiary/aromatic N) is 3. The number of carbonyl (C=O) groups excluding carboxylic acids is 3. The summed E-state index contributed by atoms with van der Waals surface area (Å²) in [4.78, 5) is 48.1. The van der Waals surface area contributed by atoms with Crippen LogP contribution >= 0.6 is 0 Å². The van der Waals surface area contributed by atoms with E-state index < -0.39 is 11.8 Å². The van der Waals surface area contributed by atoms with Gasteiger partial charge >= 0.3 is 0 Å². The van der Waals surface area contributed by atoms with Crippen molar-refractivity contribution in [3.63, 3.8) is 0 Å². The van der Waals surface area contributed by atoms with Crippen LogP contribution in [0.1, 0.15) is 39.1 Å². The molecular weight excluding hydrogens is 528 g/mol. The molecule has 0 aliphatic carbocycles. The molecule has 1 aromatic heterocycles. The summed E-state index contributed by atoms with van der Waals surface area (Å²) in [5.74, 6) is 0.998. The third-order valence-corrected chi connectivity index (χ3v) is 7.76. The molecule has 6 rings (SSSR count). The summed E-state index contributed by atoms with van der Waals surface area (Å²) in [6.07, 6.45) is 4.06. The van der Waals surface area contributed by atoms with E-state index in [2.05, 4.69) is 10.3 Å². The zero-order valence-electron chi connectivity index (χ0n) is 22.6. The van der Waals surface area contributed by atoms with Crippen molar-refractivity contribution < 1.29 is 33.3 Å². The molecule has 4 heterocycles. The number of fused-ring (bicyclic) bond motifs is 1. The SMILES string of the molecule is COc1ccc(C(=O)N2C(C(=O)NCc3cccnc3)COC23CCN(C(=O)c2ccc4c(c2)OCO4)CC3)cc1. The summed E-state index contributed by atoms with van der Waals surface area (Å²) in [6, 6.07) is 14.7. The Morgan fingerprint density at radius 3 is 2.49 bits per heavy atom. The van der Waals surface area contributed by atoms with Gasteiger partial charge in [0.2, 0.25) is 12.7 Å². The molecule has 3 aliphatic heterocycles. The largest absolute Gasteiger partial charge is 0.497 e. The molecule has 11 nitrogen and oxygen atoms in total. The number of ether oxygens (including phenoxy) is 4. The van der Waals surface area contributed by atoms with Gasteiger partial charge in [0.25, 0.3) is 11.8 Å². The Hall–Kier alpha value is -4.64. The van der Waals surface area contributed by atoms with Crippen LogP contribution in [0.4, 0.5) is 0 Å².